The van der Waals surface area contributed by atoms with Crippen molar-refractivity contribution in [3.63, 3.8) is 0 Å². The number of rotatable bonds is 7. The molecule has 0 aliphatic rings. The minimum Gasteiger partial charge on any atom is -0.493 e. The molecule has 0 aliphatic carbocycles. The number of nitriles is 1. The lowest BCUT2D eigenvalue weighted by Crippen LogP contribution is -2.00. The molecule has 0 unspecified atom stereocenters. The molecule has 2 heterocycles. The van der Waals surface area contributed by atoms with Crippen molar-refractivity contribution < 1.29 is 14.2 Å². The second kappa shape index (κ2) is 9.71. The van der Waals surface area contributed by atoms with Crippen LogP contribution in [0.15, 0.2) is 61.1 Å². The largest absolute Gasteiger partial charge is 0.493 e. The highest BCUT2D eigenvalue weighted by molar-refractivity contribution is 5.97. The molecule has 0 radical (unpaired) electrons. The molecule has 164 valence electrons. The standard InChI is InChI=1S/C26H22N4O3/c1-31-23-13-20(14-24(32-2)26(23)33-3)30-25-19(15-27)16-29-22-12-18(6-7-21(22)25)5-4-17-8-10-28-11-9-17/h4-14,16H,1-3H3,(H,29,30)/b5-4+. The predicted molar refractivity (Wildman–Crippen MR) is 129 cm³/mol. The number of hydrogen-bond acceptors (Lipinski definition) is 7. The van der Waals surface area contributed by atoms with Gasteiger partial charge < -0.3 is 19.5 Å². The molecule has 0 saturated carbocycles. The van der Waals surface area contributed by atoms with Crippen molar-refractivity contribution >= 4 is 34.4 Å². The van der Waals surface area contributed by atoms with Crippen LogP contribution in [0.3, 0.4) is 0 Å². The highest BCUT2D eigenvalue weighted by atomic mass is 16.5. The molecule has 4 rings (SSSR count). The van der Waals surface area contributed by atoms with E-state index in [9.17, 15) is 5.26 Å². The van der Waals surface area contributed by atoms with Gasteiger partial charge in [0, 0.05) is 41.8 Å². The first kappa shape index (κ1) is 21.7. The minimum absolute atomic E-state index is 0.427. The predicted octanol–water partition coefficient (Wildman–Crippen LogP) is 5.44. The SMILES string of the molecule is COc1cc(Nc2c(C#N)cnc3cc(/C=C/c4ccncc4)ccc23)cc(OC)c1OC. The van der Waals surface area contributed by atoms with Crippen LogP contribution in [0.1, 0.15) is 16.7 Å². The molecule has 0 fully saturated rings. The molecule has 0 spiro atoms. The second-order valence-corrected chi connectivity index (χ2v) is 7.09. The number of benzene rings is 2. The Balaban J connectivity index is 1.74. The molecular weight excluding hydrogens is 416 g/mol. The van der Waals surface area contributed by atoms with Gasteiger partial charge in [0.05, 0.1) is 38.1 Å². The topological polar surface area (TPSA) is 89.3 Å². The zero-order valence-corrected chi connectivity index (χ0v) is 18.5. The van der Waals surface area contributed by atoms with Crippen LogP contribution in [0, 0.1) is 11.3 Å². The lowest BCUT2D eigenvalue weighted by molar-refractivity contribution is 0.324. The van der Waals surface area contributed by atoms with Crippen LogP contribution in [0.5, 0.6) is 17.2 Å². The molecule has 1 N–H and O–H groups in total. The van der Waals surface area contributed by atoms with Crippen molar-refractivity contribution in [3.8, 4) is 23.3 Å². The molecule has 0 atom stereocenters. The summed E-state index contributed by atoms with van der Waals surface area (Å²) in [5, 5.41) is 13.9. The summed E-state index contributed by atoms with van der Waals surface area (Å²) < 4.78 is 16.3. The van der Waals surface area contributed by atoms with Crippen molar-refractivity contribution in [1.82, 2.24) is 9.97 Å². The van der Waals surface area contributed by atoms with Gasteiger partial charge >= 0.3 is 0 Å². The van der Waals surface area contributed by atoms with Gasteiger partial charge in [0.2, 0.25) is 5.75 Å². The van der Waals surface area contributed by atoms with Crippen molar-refractivity contribution in [1.29, 1.82) is 5.26 Å². The van der Waals surface area contributed by atoms with Crippen molar-refractivity contribution in [2.45, 2.75) is 0 Å². The van der Waals surface area contributed by atoms with E-state index in [-0.39, 0.29) is 0 Å². The molecule has 2 aromatic carbocycles. The van der Waals surface area contributed by atoms with Crippen molar-refractivity contribution in [2.75, 3.05) is 26.6 Å². The first-order valence-electron chi connectivity index (χ1n) is 10.1. The van der Waals surface area contributed by atoms with Crippen LogP contribution in [-0.2, 0) is 0 Å². The first-order chi connectivity index (χ1) is 16.2. The maximum absolute atomic E-state index is 9.69. The highest BCUT2D eigenvalue weighted by Gasteiger charge is 2.15. The Hall–Kier alpha value is -4.57. The first-order valence-corrected chi connectivity index (χ1v) is 10.1. The summed E-state index contributed by atoms with van der Waals surface area (Å²) in [6.07, 6.45) is 9.11. The van der Waals surface area contributed by atoms with Crippen LogP contribution in [-0.4, -0.2) is 31.3 Å². The zero-order chi connectivity index (χ0) is 23.2. The van der Waals surface area contributed by atoms with Gasteiger partial charge in [-0.1, -0.05) is 24.3 Å². The summed E-state index contributed by atoms with van der Waals surface area (Å²) in [4.78, 5) is 8.52. The fraction of sp³-hybridized carbons (Fsp3) is 0.115. The molecule has 2 aromatic heterocycles. The summed E-state index contributed by atoms with van der Waals surface area (Å²) in [6.45, 7) is 0. The number of ether oxygens (including phenoxy) is 3. The number of hydrogen-bond donors (Lipinski definition) is 1. The van der Waals surface area contributed by atoms with E-state index in [1.807, 2.05) is 42.5 Å². The Morgan fingerprint density at radius 3 is 2.21 bits per heavy atom. The van der Waals surface area contributed by atoms with Crippen LogP contribution >= 0.6 is 0 Å². The number of pyridine rings is 2. The second-order valence-electron chi connectivity index (χ2n) is 7.09. The Morgan fingerprint density at radius 2 is 1.58 bits per heavy atom. The number of nitrogens with zero attached hydrogens (tertiary/aromatic N) is 3. The highest BCUT2D eigenvalue weighted by Crippen LogP contribution is 2.41. The Kier molecular flexibility index (Phi) is 6.37. The smallest absolute Gasteiger partial charge is 0.203 e. The number of methoxy groups -OCH3 is 3. The minimum atomic E-state index is 0.427. The third kappa shape index (κ3) is 4.55. The number of nitrogens with one attached hydrogen (secondary N) is 1. The average molecular weight is 438 g/mol. The maximum atomic E-state index is 9.69. The number of fused-ring (bicyclic) bond motifs is 1. The molecule has 7 heteroatoms. The van der Waals surface area contributed by atoms with Gasteiger partial charge in [-0.05, 0) is 29.3 Å². The Morgan fingerprint density at radius 1 is 0.879 bits per heavy atom. The summed E-state index contributed by atoms with van der Waals surface area (Å²) in [6, 6.07) is 15.6. The van der Waals surface area contributed by atoms with E-state index in [4.69, 9.17) is 14.2 Å². The molecule has 0 amide bonds. The molecule has 7 nitrogen and oxygen atoms in total. The van der Waals surface area contributed by atoms with Gasteiger partial charge in [0.1, 0.15) is 6.07 Å². The molecule has 0 bridgehead atoms. The van der Waals surface area contributed by atoms with Crippen LogP contribution < -0.4 is 19.5 Å². The van der Waals surface area contributed by atoms with Crippen LogP contribution in [0.2, 0.25) is 0 Å². The van der Waals surface area contributed by atoms with Crippen molar-refractivity contribution in [3.05, 3.63) is 77.7 Å². The number of anilines is 2. The van der Waals surface area contributed by atoms with Gasteiger partial charge in [0.25, 0.3) is 0 Å². The van der Waals surface area contributed by atoms with Gasteiger partial charge in [0.15, 0.2) is 11.5 Å². The molecule has 0 aliphatic heterocycles. The quantitative estimate of drug-likeness (QED) is 0.411. The van der Waals surface area contributed by atoms with E-state index in [2.05, 4.69) is 21.4 Å². The Labute approximate surface area is 191 Å². The molecule has 0 saturated heterocycles. The van der Waals surface area contributed by atoms with Crippen molar-refractivity contribution in [2.24, 2.45) is 0 Å². The summed E-state index contributed by atoms with van der Waals surface area (Å²) in [5.74, 6) is 1.52. The van der Waals surface area contributed by atoms with E-state index >= 15 is 0 Å². The fourth-order valence-electron chi connectivity index (χ4n) is 3.50. The lowest BCUT2D eigenvalue weighted by atomic mass is 10.1. The van der Waals surface area contributed by atoms with Crippen LogP contribution in [0.25, 0.3) is 23.1 Å². The summed E-state index contributed by atoms with van der Waals surface area (Å²) >= 11 is 0. The van der Waals surface area contributed by atoms with E-state index in [1.165, 1.54) is 0 Å². The van der Waals surface area contributed by atoms with E-state index < -0.39 is 0 Å². The normalized spacial score (nSPS) is 10.7. The van der Waals surface area contributed by atoms with Gasteiger partial charge in [-0.15, -0.1) is 0 Å². The third-order valence-electron chi connectivity index (χ3n) is 5.12. The van der Waals surface area contributed by atoms with Gasteiger partial charge in [-0.25, -0.2) is 0 Å². The van der Waals surface area contributed by atoms with E-state index in [0.29, 0.717) is 34.2 Å². The molecular formula is C26H22N4O3. The fourth-order valence-corrected chi connectivity index (χ4v) is 3.50. The van der Waals surface area contributed by atoms with Gasteiger partial charge in [-0.2, -0.15) is 5.26 Å². The van der Waals surface area contributed by atoms with Crippen LogP contribution in [0.4, 0.5) is 11.4 Å². The maximum Gasteiger partial charge on any atom is 0.203 e. The van der Waals surface area contributed by atoms with E-state index in [0.717, 1.165) is 22.0 Å². The third-order valence-corrected chi connectivity index (χ3v) is 5.12. The summed E-state index contributed by atoms with van der Waals surface area (Å²) in [7, 11) is 4.67. The Bertz CT molecular complexity index is 1340. The van der Waals surface area contributed by atoms with E-state index in [1.54, 1.807) is 52.1 Å². The average Bonchev–Trinajstić information content (AvgIpc) is 2.87. The number of aromatic nitrogens is 2. The zero-order valence-electron chi connectivity index (χ0n) is 18.5. The van der Waals surface area contributed by atoms with Gasteiger partial charge in [-0.3, -0.25) is 9.97 Å². The molecule has 33 heavy (non-hydrogen) atoms. The summed E-state index contributed by atoms with van der Waals surface area (Å²) in [5.41, 5.74) is 4.59. The molecule has 4 aromatic rings. The monoisotopic (exact) mass is 438 g/mol. The lowest BCUT2D eigenvalue weighted by Gasteiger charge is -2.16.